The summed E-state index contributed by atoms with van der Waals surface area (Å²) in [5.41, 5.74) is 1.60. The molecule has 4 heteroatoms. The Labute approximate surface area is 125 Å². The number of furan rings is 1. The summed E-state index contributed by atoms with van der Waals surface area (Å²) in [6, 6.07) is 11.7. The van der Waals surface area contributed by atoms with Gasteiger partial charge in [-0.1, -0.05) is 6.07 Å². The molecule has 0 aliphatic heterocycles. The van der Waals surface area contributed by atoms with E-state index in [4.69, 9.17) is 4.42 Å². The van der Waals surface area contributed by atoms with Gasteiger partial charge < -0.3 is 15.1 Å². The van der Waals surface area contributed by atoms with Gasteiger partial charge in [0.25, 0.3) is 5.91 Å². The molecule has 0 bridgehead atoms. The number of hydrogen-bond donors (Lipinski definition) is 2. The van der Waals surface area contributed by atoms with Crippen LogP contribution >= 0.6 is 0 Å². The van der Waals surface area contributed by atoms with Crippen molar-refractivity contribution in [2.24, 2.45) is 0 Å². The lowest BCUT2D eigenvalue weighted by Crippen LogP contribution is -2.30. The summed E-state index contributed by atoms with van der Waals surface area (Å²) in [7, 11) is 0. The van der Waals surface area contributed by atoms with Gasteiger partial charge in [-0.15, -0.1) is 0 Å². The summed E-state index contributed by atoms with van der Waals surface area (Å²) in [4.78, 5) is 12.0. The van der Waals surface area contributed by atoms with Crippen LogP contribution in [-0.4, -0.2) is 18.0 Å². The SMILES string of the molecule is CC(C)NC(=O)c1cccc(NC(C)Cc2ccco2)c1. The van der Waals surface area contributed by atoms with Crippen LogP contribution in [0.15, 0.2) is 47.1 Å². The van der Waals surface area contributed by atoms with Crippen LogP contribution in [0.3, 0.4) is 0 Å². The highest BCUT2D eigenvalue weighted by Crippen LogP contribution is 2.14. The molecule has 1 heterocycles. The highest BCUT2D eigenvalue weighted by molar-refractivity contribution is 5.95. The zero-order chi connectivity index (χ0) is 15.2. The zero-order valence-electron chi connectivity index (χ0n) is 12.7. The number of benzene rings is 1. The standard InChI is InChI=1S/C17H22N2O2/c1-12(2)18-17(20)14-6-4-7-15(11-14)19-13(3)10-16-8-5-9-21-16/h4-9,11-13,19H,10H2,1-3H3,(H,18,20). The number of anilines is 1. The number of carbonyl (C=O) groups is 1. The van der Waals surface area contributed by atoms with Crippen molar-refractivity contribution in [2.45, 2.75) is 39.3 Å². The van der Waals surface area contributed by atoms with Gasteiger partial charge in [0.2, 0.25) is 0 Å². The van der Waals surface area contributed by atoms with E-state index in [2.05, 4.69) is 17.6 Å². The number of amides is 1. The van der Waals surface area contributed by atoms with Crippen LogP contribution in [0.4, 0.5) is 5.69 Å². The van der Waals surface area contributed by atoms with Gasteiger partial charge >= 0.3 is 0 Å². The monoisotopic (exact) mass is 286 g/mol. The summed E-state index contributed by atoms with van der Waals surface area (Å²) in [5.74, 6) is 0.899. The Morgan fingerprint density at radius 2 is 2.00 bits per heavy atom. The minimum atomic E-state index is -0.0488. The van der Waals surface area contributed by atoms with Crippen LogP contribution in [0, 0.1) is 0 Å². The van der Waals surface area contributed by atoms with Crippen LogP contribution < -0.4 is 10.6 Å². The van der Waals surface area contributed by atoms with E-state index in [1.54, 1.807) is 6.26 Å². The number of nitrogens with one attached hydrogen (secondary N) is 2. The Balaban J connectivity index is 1.98. The molecule has 1 aromatic carbocycles. The summed E-state index contributed by atoms with van der Waals surface area (Å²) in [5, 5.41) is 6.28. The fourth-order valence-corrected chi connectivity index (χ4v) is 2.16. The third kappa shape index (κ3) is 4.67. The second-order valence-corrected chi connectivity index (χ2v) is 5.54. The molecule has 2 aromatic rings. The first-order valence-corrected chi connectivity index (χ1v) is 7.24. The highest BCUT2D eigenvalue weighted by Gasteiger charge is 2.09. The predicted octanol–water partition coefficient (Wildman–Crippen LogP) is 3.46. The van der Waals surface area contributed by atoms with E-state index in [0.29, 0.717) is 5.56 Å². The molecule has 1 unspecified atom stereocenters. The second-order valence-electron chi connectivity index (χ2n) is 5.54. The topological polar surface area (TPSA) is 54.3 Å². The fourth-order valence-electron chi connectivity index (χ4n) is 2.16. The second kappa shape index (κ2) is 6.97. The highest BCUT2D eigenvalue weighted by atomic mass is 16.3. The van der Waals surface area contributed by atoms with Gasteiger partial charge in [0.15, 0.2) is 0 Å². The Bertz CT molecular complexity index is 576. The molecular formula is C17H22N2O2. The molecule has 0 aliphatic rings. The van der Waals surface area contributed by atoms with Crippen molar-refractivity contribution in [1.29, 1.82) is 0 Å². The maximum absolute atomic E-state index is 12.0. The number of rotatable bonds is 6. The molecule has 21 heavy (non-hydrogen) atoms. The van der Waals surface area contributed by atoms with Gasteiger partial charge in [-0.2, -0.15) is 0 Å². The van der Waals surface area contributed by atoms with Crippen molar-refractivity contribution < 1.29 is 9.21 Å². The first-order chi connectivity index (χ1) is 10.0. The number of carbonyl (C=O) groups excluding carboxylic acids is 1. The molecule has 1 atom stereocenters. The van der Waals surface area contributed by atoms with E-state index in [9.17, 15) is 4.79 Å². The molecule has 4 nitrogen and oxygen atoms in total. The molecular weight excluding hydrogens is 264 g/mol. The average Bonchev–Trinajstić information content (AvgIpc) is 2.91. The number of hydrogen-bond acceptors (Lipinski definition) is 3. The van der Waals surface area contributed by atoms with E-state index < -0.39 is 0 Å². The predicted molar refractivity (Wildman–Crippen MR) is 84.5 cm³/mol. The Morgan fingerprint density at radius 1 is 1.19 bits per heavy atom. The molecule has 0 saturated carbocycles. The first-order valence-electron chi connectivity index (χ1n) is 7.24. The van der Waals surface area contributed by atoms with Crippen LogP contribution in [0.25, 0.3) is 0 Å². The lowest BCUT2D eigenvalue weighted by molar-refractivity contribution is 0.0943. The molecule has 1 amide bonds. The van der Waals surface area contributed by atoms with E-state index in [-0.39, 0.29) is 18.0 Å². The molecule has 112 valence electrons. The van der Waals surface area contributed by atoms with Gasteiger partial charge in [-0.3, -0.25) is 4.79 Å². The van der Waals surface area contributed by atoms with Crippen molar-refractivity contribution in [2.75, 3.05) is 5.32 Å². The van der Waals surface area contributed by atoms with E-state index in [1.807, 2.05) is 50.2 Å². The maximum atomic E-state index is 12.0. The Kier molecular flexibility index (Phi) is 5.04. The van der Waals surface area contributed by atoms with E-state index >= 15 is 0 Å². The van der Waals surface area contributed by atoms with Gasteiger partial charge in [-0.25, -0.2) is 0 Å². The molecule has 2 rings (SSSR count). The van der Waals surface area contributed by atoms with Gasteiger partial charge in [0.1, 0.15) is 5.76 Å². The van der Waals surface area contributed by atoms with Gasteiger partial charge in [-0.05, 0) is 51.1 Å². The molecule has 0 radical (unpaired) electrons. The normalized spacial score (nSPS) is 12.2. The summed E-state index contributed by atoms with van der Waals surface area (Å²) in [6.07, 6.45) is 2.48. The lowest BCUT2D eigenvalue weighted by Gasteiger charge is -2.15. The molecule has 0 fully saturated rings. The van der Waals surface area contributed by atoms with Crippen LogP contribution in [0.5, 0.6) is 0 Å². The maximum Gasteiger partial charge on any atom is 0.251 e. The van der Waals surface area contributed by atoms with E-state index in [0.717, 1.165) is 17.9 Å². The Hall–Kier alpha value is -2.23. The van der Waals surface area contributed by atoms with Crippen molar-refractivity contribution in [1.82, 2.24) is 5.32 Å². The summed E-state index contributed by atoms with van der Waals surface area (Å²) < 4.78 is 5.34. The van der Waals surface area contributed by atoms with E-state index in [1.165, 1.54) is 0 Å². The third-order valence-electron chi connectivity index (χ3n) is 3.05. The molecule has 2 N–H and O–H groups in total. The summed E-state index contributed by atoms with van der Waals surface area (Å²) in [6.45, 7) is 5.99. The van der Waals surface area contributed by atoms with Gasteiger partial charge in [0, 0.05) is 29.8 Å². The fraction of sp³-hybridized carbons (Fsp3) is 0.353. The lowest BCUT2D eigenvalue weighted by atomic mass is 10.1. The largest absolute Gasteiger partial charge is 0.469 e. The molecule has 0 aliphatic carbocycles. The van der Waals surface area contributed by atoms with Crippen LogP contribution in [-0.2, 0) is 6.42 Å². The first kappa shape index (κ1) is 15.2. The van der Waals surface area contributed by atoms with Crippen LogP contribution in [0.2, 0.25) is 0 Å². The smallest absolute Gasteiger partial charge is 0.251 e. The van der Waals surface area contributed by atoms with Crippen molar-refractivity contribution >= 4 is 11.6 Å². The molecule has 1 aromatic heterocycles. The minimum Gasteiger partial charge on any atom is -0.469 e. The minimum absolute atomic E-state index is 0.0488. The molecule has 0 spiro atoms. The van der Waals surface area contributed by atoms with Crippen molar-refractivity contribution in [3.8, 4) is 0 Å². The third-order valence-corrected chi connectivity index (χ3v) is 3.05. The Morgan fingerprint density at radius 3 is 2.67 bits per heavy atom. The molecule has 0 saturated heterocycles. The zero-order valence-corrected chi connectivity index (χ0v) is 12.7. The van der Waals surface area contributed by atoms with Crippen molar-refractivity contribution in [3.05, 3.63) is 54.0 Å². The average molecular weight is 286 g/mol. The quantitative estimate of drug-likeness (QED) is 0.855. The van der Waals surface area contributed by atoms with Gasteiger partial charge in [0.05, 0.1) is 6.26 Å². The van der Waals surface area contributed by atoms with Crippen LogP contribution in [0.1, 0.15) is 36.9 Å². The van der Waals surface area contributed by atoms with Crippen molar-refractivity contribution in [3.63, 3.8) is 0 Å². The summed E-state index contributed by atoms with van der Waals surface area (Å²) >= 11 is 0.